The van der Waals surface area contributed by atoms with E-state index in [2.05, 4.69) is 25.5 Å². The van der Waals surface area contributed by atoms with Gasteiger partial charge >= 0.3 is 0 Å². The molecule has 1 atom stereocenters. The van der Waals surface area contributed by atoms with Gasteiger partial charge in [0.2, 0.25) is 0 Å². The van der Waals surface area contributed by atoms with Crippen molar-refractivity contribution in [1.82, 2.24) is 30.0 Å². The number of hydrogen-bond donors (Lipinski definition) is 1. The van der Waals surface area contributed by atoms with Gasteiger partial charge in [0.25, 0.3) is 5.91 Å². The molecule has 10 heteroatoms. The summed E-state index contributed by atoms with van der Waals surface area (Å²) >= 11 is 2.97. The van der Waals surface area contributed by atoms with Gasteiger partial charge < -0.3 is 10.1 Å². The zero-order chi connectivity index (χ0) is 23.2. The summed E-state index contributed by atoms with van der Waals surface area (Å²) in [4.78, 5) is 21.0. The van der Waals surface area contributed by atoms with Crippen molar-refractivity contribution in [2.75, 3.05) is 7.11 Å². The molecule has 4 aromatic rings. The number of methoxy groups -OCH3 is 1. The van der Waals surface area contributed by atoms with Crippen molar-refractivity contribution in [2.24, 2.45) is 0 Å². The van der Waals surface area contributed by atoms with Crippen LogP contribution in [0.2, 0.25) is 0 Å². The molecule has 0 radical (unpaired) electrons. The molecular formula is C23H24N6O2S2. The number of benzene rings is 1. The smallest absolute Gasteiger partial charge is 0.270 e. The Kier molecular flexibility index (Phi) is 7.36. The maximum absolute atomic E-state index is 12.4. The second kappa shape index (κ2) is 10.6. The molecule has 0 bridgehead atoms. The molecule has 33 heavy (non-hydrogen) atoms. The number of carbonyl (C=O) groups excluding carboxylic acids is 1. The summed E-state index contributed by atoms with van der Waals surface area (Å²) in [5.41, 5.74) is 2.18. The molecular weight excluding hydrogens is 456 g/mol. The van der Waals surface area contributed by atoms with Crippen LogP contribution in [0.4, 0.5) is 0 Å². The lowest BCUT2D eigenvalue weighted by Crippen LogP contribution is -2.32. The first-order chi connectivity index (χ1) is 16.1. The predicted molar refractivity (Wildman–Crippen MR) is 130 cm³/mol. The van der Waals surface area contributed by atoms with E-state index in [4.69, 9.17) is 4.74 Å². The minimum absolute atomic E-state index is 0.114. The van der Waals surface area contributed by atoms with E-state index in [1.165, 1.54) is 23.1 Å². The largest absolute Gasteiger partial charge is 0.495 e. The van der Waals surface area contributed by atoms with Crippen molar-refractivity contribution >= 4 is 29.0 Å². The van der Waals surface area contributed by atoms with E-state index in [0.29, 0.717) is 28.2 Å². The maximum atomic E-state index is 12.4. The number of rotatable bonds is 9. The first kappa shape index (κ1) is 22.9. The Hall–Kier alpha value is -3.24. The number of hydrogen-bond acceptors (Lipinski definition) is 8. The molecule has 1 amide bonds. The molecule has 0 spiro atoms. The highest BCUT2D eigenvalue weighted by Crippen LogP contribution is 2.33. The van der Waals surface area contributed by atoms with Crippen molar-refractivity contribution in [3.63, 3.8) is 0 Å². The van der Waals surface area contributed by atoms with Gasteiger partial charge in [-0.25, -0.2) is 4.98 Å². The molecule has 0 aliphatic rings. The third-order valence-corrected chi connectivity index (χ3v) is 6.97. The quantitative estimate of drug-likeness (QED) is 0.349. The zero-order valence-electron chi connectivity index (χ0n) is 18.6. The Bertz CT molecular complexity index is 1220. The molecule has 1 unspecified atom stereocenters. The van der Waals surface area contributed by atoms with E-state index in [0.717, 1.165) is 22.7 Å². The molecule has 0 aliphatic carbocycles. The standard InChI is InChI=1S/C23H24N6O2S2/c1-4-15(2)25-22(30)17-13-32-20(26-17)14-33-23-28-27-21(16-9-11-24-12-10-16)29(23)18-7-5-6-8-19(18)31-3/h5-13,15H,4,14H2,1-3H3,(H,25,30). The first-order valence-electron chi connectivity index (χ1n) is 10.5. The second-order valence-electron chi connectivity index (χ2n) is 7.25. The summed E-state index contributed by atoms with van der Waals surface area (Å²) in [6, 6.07) is 11.7. The summed E-state index contributed by atoms with van der Waals surface area (Å²) in [6.07, 6.45) is 4.33. The third kappa shape index (κ3) is 5.23. The number of amides is 1. The van der Waals surface area contributed by atoms with E-state index < -0.39 is 0 Å². The molecule has 0 aliphatic heterocycles. The Balaban J connectivity index is 1.61. The summed E-state index contributed by atoms with van der Waals surface area (Å²) < 4.78 is 7.57. The SMILES string of the molecule is CCC(C)NC(=O)c1csc(CSc2nnc(-c3ccncc3)n2-c2ccccc2OC)n1. The summed E-state index contributed by atoms with van der Waals surface area (Å²) in [7, 11) is 1.64. The Labute approximate surface area is 200 Å². The van der Waals surface area contributed by atoms with E-state index in [-0.39, 0.29) is 11.9 Å². The molecule has 170 valence electrons. The predicted octanol–water partition coefficient (Wildman–Crippen LogP) is 4.62. The van der Waals surface area contributed by atoms with Gasteiger partial charge in [-0.05, 0) is 37.6 Å². The van der Waals surface area contributed by atoms with E-state index in [1.807, 2.05) is 54.8 Å². The van der Waals surface area contributed by atoms with Gasteiger partial charge in [0.05, 0.1) is 18.6 Å². The number of thioether (sulfide) groups is 1. The van der Waals surface area contributed by atoms with Gasteiger partial charge in [0, 0.05) is 29.4 Å². The van der Waals surface area contributed by atoms with Crippen LogP contribution >= 0.6 is 23.1 Å². The molecule has 3 aromatic heterocycles. The van der Waals surface area contributed by atoms with Crippen LogP contribution in [0, 0.1) is 0 Å². The van der Waals surface area contributed by atoms with Crippen LogP contribution in [0.25, 0.3) is 17.1 Å². The van der Waals surface area contributed by atoms with E-state index in [1.54, 1.807) is 24.9 Å². The van der Waals surface area contributed by atoms with Crippen LogP contribution in [-0.4, -0.2) is 43.8 Å². The second-order valence-corrected chi connectivity index (χ2v) is 9.13. The van der Waals surface area contributed by atoms with E-state index in [9.17, 15) is 4.79 Å². The van der Waals surface area contributed by atoms with Crippen molar-refractivity contribution < 1.29 is 9.53 Å². The zero-order valence-corrected chi connectivity index (χ0v) is 20.2. The van der Waals surface area contributed by atoms with Gasteiger partial charge in [-0.1, -0.05) is 30.8 Å². The Morgan fingerprint density at radius 1 is 1.21 bits per heavy atom. The molecule has 8 nitrogen and oxygen atoms in total. The molecule has 0 saturated heterocycles. The third-order valence-electron chi connectivity index (χ3n) is 5.00. The highest BCUT2D eigenvalue weighted by atomic mass is 32.2. The highest BCUT2D eigenvalue weighted by molar-refractivity contribution is 7.98. The number of aromatic nitrogens is 5. The summed E-state index contributed by atoms with van der Waals surface area (Å²) in [5, 5.41) is 15.2. The number of pyridine rings is 1. The average Bonchev–Trinajstić information content (AvgIpc) is 3.50. The van der Waals surface area contributed by atoms with Gasteiger partial charge in [0.1, 0.15) is 16.5 Å². The normalized spacial score (nSPS) is 11.8. The lowest BCUT2D eigenvalue weighted by atomic mass is 10.2. The molecule has 1 N–H and O–H groups in total. The van der Waals surface area contributed by atoms with Crippen LogP contribution in [0.5, 0.6) is 5.75 Å². The topological polar surface area (TPSA) is 94.8 Å². The van der Waals surface area contributed by atoms with Gasteiger partial charge in [-0.3, -0.25) is 14.3 Å². The van der Waals surface area contributed by atoms with Crippen LogP contribution in [0.3, 0.4) is 0 Å². The Morgan fingerprint density at radius 2 is 2.00 bits per heavy atom. The number of carbonyl (C=O) groups is 1. The molecule has 1 aromatic carbocycles. The Morgan fingerprint density at radius 3 is 2.76 bits per heavy atom. The number of para-hydroxylation sites is 2. The number of nitrogens with zero attached hydrogens (tertiary/aromatic N) is 5. The van der Waals surface area contributed by atoms with Crippen LogP contribution in [0.1, 0.15) is 35.8 Å². The lowest BCUT2D eigenvalue weighted by Gasteiger charge is -2.13. The van der Waals surface area contributed by atoms with Crippen molar-refractivity contribution in [3.8, 4) is 22.8 Å². The van der Waals surface area contributed by atoms with Gasteiger partial charge in [-0.15, -0.1) is 21.5 Å². The molecule has 0 saturated carbocycles. The molecule has 3 heterocycles. The fraction of sp³-hybridized carbons (Fsp3) is 0.261. The fourth-order valence-electron chi connectivity index (χ4n) is 3.09. The first-order valence-corrected chi connectivity index (χ1v) is 12.3. The van der Waals surface area contributed by atoms with E-state index >= 15 is 0 Å². The number of thiazole rings is 1. The van der Waals surface area contributed by atoms with Crippen LogP contribution < -0.4 is 10.1 Å². The van der Waals surface area contributed by atoms with Crippen LogP contribution in [0.15, 0.2) is 59.3 Å². The van der Waals surface area contributed by atoms with Crippen LogP contribution in [-0.2, 0) is 5.75 Å². The summed E-state index contributed by atoms with van der Waals surface area (Å²) in [5.74, 6) is 1.82. The monoisotopic (exact) mass is 480 g/mol. The highest BCUT2D eigenvalue weighted by Gasteiger charge is 2.20. The summed E-state index contributed by atoms with van der Waals surface area (Å²) in [6.45, 7) is 4.01. The lowest BCUT2D eigenvalue weighted by molar-refractivity contribution is 0.0935. The molecule has 4 rings (SSSR count). The van der Waals surface area contributed by atoms with Gasteiger partial charge in [0.15, 0.2) is 11.0 Å². The minimum Gasteiger partial charge on any atom is -0.495 e. The average molecular weight is 481 g/mol. The van der Waals surface area contributed by atoms with Crippen molar-refractivity contribution in [2.45, 2.75) is 37.2 Å². The van der Waals surface area contributed by atoms with Gasteiger partial charge in [-0.2, -0.15) is 0 Å². The minimum atomic E-state index is -0.144. The number of ether oxygens (including phenoxy) is 1. The fourth-order valence-corrected chi connectivity index (χ4v) is 4.83. The molecule has 0 fully saturated rings. The number of nitrogens with one attached hydrogen (secondary N) is 1. The van der Waals surface area contributed by atoms with Crippen molar-refractivity contribution in [3.05, 3.63) is 64.9 Å². The maximum Gasteiger partial charge on any atom is 0.270 e. The van der Waals surface area contributed by atoms with Crippen molar-refractivity contribution in [1.29, 1.82) is 0 Å².